The maximum absolute atomic E-state index is 4.24. The number of guanidine groups is 1. The lowest BCUT2D eigenvalue weighted by Gasteiger charge is -2.26. The molecule has 0 aromatic heterocycles. The molecule has 0 bridgehead atoms. The van der Waals surface area contributed by atoms with Crippen molar-refractivity contribution in [3.05, 3.63) is 0 Å². The molecule has 0 aromatic carbocycles. The van der Waals surface area contributed by atoms with Gasteiger partial charge in [0, 0.05) is 26.7 Å². The summed E-state index contributed by atoms with van der Waals surface area (Å²) in [7, 11) is 1.84. The highest BCUT2D eigenvalue weighted by Gasteiger charge is 2.09. The molecule has 0 amide bonds. The summed E-state index contributed by atoms with van der Waals surface area (Å²) in [5.74, 6) is 0.947. The zero-order chi connectivity index (χ0) is 13.1. The number of nitrogens with one attached hydrogen (secondary N) is 2. The van der Waals surface area contributed by atoms with E-state index >= 15 is 0 Å². The molecule has 1 aliphatic rings. The van der Waals surface area contributed by atoms with Gasteiger partial charge in [0.15, 0.2) is 5.96 Å². The molecular formula is C14H30N4. The van der Waals surface area contributed by atoms with Crippen molar-refractivity contribution in [2.24, 2.45) is 4.99 Å². The van der Waals surface area contributed by atoms with E-state index in [9.17, 15) is 0 Å². The molecule has 106 valence electrons. The van der Waals surface area contributed by atoms with Gasteiger partial charge in [-0.3, -0.25) is 4.99 Å². The number of aliphatic imine (C=N–C) groups is 1. The Morgan fingerprint density at radius 2 is 1.78 bits per heavy atom. The zero-order valence-electron chi connectivity index (χ0n) is 12.2. The number of likely N-dealkylation sites (tertiary alicyclic amines) is 1. The quantitative estimate of drug-likeness (QED) is 0.414. The third kappa shape index (κ3) is 6.84. The molecular weight excluding hydrogens is 224 g/mol. The Bertz CT molecular complexity index is 222. The fourth-order valence-corrected chi connectivity index (χ4v) is 2.32. The van der Waals surface area contributed by atoms with Crippen LogP contribution in [-0.2, 0) is 0 Å². The van der Waals surface area contributed by atoms with Crippen LogP contribution in [0.2, 0.25) is 0 Å². The van der Waals surface area contributed by atoms with Crippen LogP contribution in [0.5, 0.6) is 0 Å². The highest BCUT2D eigenvalue weighted by atomic mass is 15.2. The lowest BCUT2D eigenvalue weighted by atomic mass is 10.1. The van der Waals surface area contributed by atoms with E-state index in [1.165, 1.54) is 51.6 Å². The van der Waals surface area contributed by atoms with Crippen LogP contribution in [0.1, 0.15) is 45.4 Å². The molecule has 0 unspecified atom stereocenters. The molecule has 0 saturated carbocycles. The third-order valence-corrected chi connectivity index (χ3v) is 3.47. The van der Waals surface area contributed by atoms with E-state index in [4.69, 9.17) is 0 Å². The van der Waals surface area contributed by atoms with Gasteiger partial charge in [-0.05, 0) is 32.4 Å². The molecule has 1 fully saturated rings. The minimum atomic E-state index is 0.947. The van der Waals surface area contributed by atoms with Gasteiger partial charge < -0.3 is 15.5 Å². The van der Waals surface area contributed by atoms with Crippen molar-refractivity contribution in [1.29, 1.82) is 0 Å². The summed E-state index contributed by atoms with van der Waals surface area (Å²) < 4.78 is 0. The van der Waals surface area contributed by atoms with E-state index in [1.807, 2.05) is 7.05 Å². The van der Waals surface area contributed by atoms with E-state index in [0.29, 0.717) is 0 Å². The van der Waals surface area contributed by atoms with Crippen LogP contribution >= 0.6 is 0 Å². The van der Waals surface area contributed by atoms with Crippen molar-refractivity contribution in [3.8, 4) is 0 Å². The van der Waals surface area contributed by atoms with Gasteiger partial charge in [0.25, 0.3) is 0 Å². The highest BCUT2D eigenvalue weighted by Crippen LogP contribution is 2.07. The summed E-state index contributed by atoms with van der Waals surface area (Å²) in [5, 5.41) is 6.75. The van der Waals surface area contributed by atoms with Gasteiger partial charge in [0.1, 0.15) is 0 Å². The van der Waals surface area contributed by atoms with E-state index in [0.717, 1.165) is 25.6 Å². The second kappa shape index (κ2) is 10.2. The first kappa shape index (κ1) is 15.3. The maximum Gasteiger partial charge on any atom is 0.191 e. The zero-order valence-corrected chi connectivity index (χ0v) is 12.2. The highest BCUT2D eigenvalue weighted by molar-refractivity contribution is 5.79. The maximum atomic E-state index is 4.24. The summed E-state index contributed by atoms with van der Waals surface area (Å²) in [6, 6.07) is 0. The van der Waals surface area contributed by atoms with Crippen molar-refractivity contribution in [3.63, 3.8) is 0 Å². The lowest BCUT2D eigenvalue weighted by Crippen LogP contribution is -2.42. The fourth-order valence-electron chi connectivity index (χ4n) is 2.32. The molecule has 1 rings (SSSR count). The van der Waals surface area contributed by atoms with E-state index < -0.39 is 0 Å². The Hall–Kier alpha value is -0.770. The van der Waals surface area contributed by atoms with Gasteiger partial charge >= 0.3 is 0 Å². The van der Waals surface area contributed by atoms with Gasteiger partial charge in [-0.2, -0.15) is 0 Å². The van der Waals surface area contributed by atoms with Crippen LogP contribution in [0.3, 0.4) is 0 Å². The monoisotopic (exact) mass is 254 g/mol. The minimum Gasteiger partial charge on any atom is -0.356 e. The van der Waals surface area contributed by atoms with Crippen LogP contribution in [0.25, 0.3) is 0 Å². The summed E-state index contributed by atoms with van der Waals surface area (Å²) in [4.78, 5) is 6.79. The number of hydrogen-bond donors (Lipinski definition) is 2. The van der Waals surface area contributed by atoms with Crippen molar-refractivity contribution in [2.45, 2.75) is 45.4 Å². The molecule has 1 aliphatic heterocycles. The van der Waals surface area contributed by atoms with E-state index in [1.54, 1.807) is 0 Å². The SMILES string of the molecule is CCCCCNC(=NC)NCCN1CCCCC1. The molecule has 0 aliphatic carbocycles. The number of unbranched alkanes of at least 4 members (excludes halogenated alkanes) is 2. The van der Waals surface area contributed by atoms with Crippen molar-refractivity contribution in [2.75, 3.05) is 39.8 Å². The average molecular weight is 254 g/mol. The summed E-state index contributed by atoms with van der Waals surface area (Å²) in [6.07, 6.45) is 7.92. The molecule has 2 N–H and O–H groups in total. The average Bonchev–Trinajstić information content (AvgIpc) is 2.42. The first-order valence-electron chi connectivity index (χ1n) is 7.53. The van der Waals surface area contributed by atoms with Gasteiger partial charge in [-0.1, -0.05) is 26.2 Å². The number of nitrogens with zero attached hydrogens (tertiary/aromatic N) is 2. The Labute approximate surface area is 112 Å². The third-order valence-electron chi connectivity index (χ3n) is 3.47. The minimum absolute atomic E-state index is 0.947. The summed E-state index contributed by atoms with van der Waals surface area (Å²) >= 11 is 0. The molecule has 0 spiro atoms. The van der Waals surface area contributed by atoms with Crippen molar-refractivity contribution < 1.29 is 0 Å². The number of rotatable bonds is 7. The van der Waals surface area contributed by atoms with Gasteiger partial charge in [0.05, 0.1) is 0 Å². The molecule has 4 heteroatoms. The smallest absolute Gasteiger partial charge is 0.191 e. The van der Waals surface area contributed by atoms with Crippen LogP contribution in [0, 0.1) is 0 Å². The first-order chi connectivity index (χ1) is 8.86. The number of piperidine rings is 1. The van der Waals surface area contributed by atoms with E-state index in [2.05, 4.69) is 27.4 Å². The largest absolute Gasteiger partial charge is 0.356 e. The Morgan fingerprint density at radius 1 is 1.06 bits per heavy atom. The number of hydrogen-bond acceptors (Lipinski definition) is 2. The predicted molar refractivity (Wildman–Crippen MR) is 79.2 cm³/mol. The van der Waals surface area contributed by atoms with E-state index in [-0.39, 0.29) is 0 Å². The van der Waals surface area contributed by atoms with Crippen LogP contribution in [-0.4, -0.2) is 50.6 Å². The lowest BCUT2D eigenvalue weighted by molar-refractivity contribution is 0.232. The van der Waals surface area contributed by atoms with Gasteiger partial charge in [0.2, 0.25) is 0 Å². The Balaban J connectivity index is 2.04. The van der Waals surface area contributed by atoms with Crippen molar-refractivity contribution >= 4 is 5.96 Å². The first-order valence-corrected chi connectivity index (χ1v) is 7.53. The second-order valence-electron chi connectivity index (χ2n) is 5.04. The summed E-state index contributed by atoms with van der Waals surface area (Å²) in [6.45, 7) is 7.92. The molecule has 0 aromatic rings. The Kier molecular flexibility index (Phi) is 8.65. The van der Waals surface area contributed by atoms with Gasteiger partial charge in [-0.25, -0.2) is 0 Å². The Morgan fingerprint density at radius 3 is 2.44 bits per heavy atom. The molecule has 1 saturated heterocycles. The molecule has 0 radical (unpaired) electrons. The normalized spacial score (nSPS) is 17.8. The standard InChI is InChI=1S/C14H30N4/c1-3-4-6-9-16-14(15-2)17-10-13-18-11-7-5-8-12-18/h3-13H2,1-2H3,(H2,15,16,17). The predicted octanol–water partition coefficient (Wildman–Crippen LogP) is 1.83. The van der Waals surface area contributed by atoms with Crippen LogP contribution in [0.4, 0.5) is 0 Å². The fraction of sp³-hybridized carbons (Fsp3) is 0.929. The second-order valence-corrected chi connectivity index (χ2v) is 5.04. The molecule has 18 heavy (non-hydrogen) atoms. The molecule has 0 atom stereocenters. The van der Waals surface area contributed by atoms with Crippen LogP contribution in [0.15, 0.2) is 4.99 Å². The molecule has 1 heterocycles. The molecule has 4 nitrogen and oxygen atoms in total. The van der Waals surface area contributed by atoms with Crippen molar-refractivity contribution in [1.82, 2.24) is 15.5 Å². The van der Waals surface area contributed by atoms with Gasteiger partial charge in [-0.15, -0.1) is 0 Å². The van der Waals surface area contributed by atoms with Crippen LogP contribution < -0.4 is 10.6 Å². The topological polar surface area (TPSA) is 39.7 Å². The summed E-state index contributed by atoms with van der Waals surface area (Å²) in [5.41, 5.74) is 0.